The minimum absolute atomic E-state index is 0.207. The van der Waals surface area contributed by atoms with E-state index in [0.29, 0.717) is 0 Å². The second kappa shape index (κ2) is 5.92. The van der Waals surface area contributed by atoms with Crippen LogP contribution >= 0.6 is 0 Å². The number of nitrogens with zero attached hydrogens (tertiary/aromatic N) is 1. The molecule has 0 aliphatic rings. The van der Waals surface area contributed by atoms with Crippen LogP contribution in [0, 0.1) is 0 Å². The molecule has 2 aromatic rings. The standard InChI is InChI=1S/C18H19NO2/c1-12(20)16(13(2)21)11-15-9-5-7-14-8-6-10-17(18(14)15)19(3)4/h5-11H,1-4H3. The fourth-order valence-electron chi connectivity index (χ4n) is 2.45. The maximum Gasteiger partial charge on any atom is 0.163 e. The molecule has 0 fully saturated rings. The van der Waals surface area contributed by atoms with Gasteiger partial charge in [-0.3, -0.25) is 9.59 Å². The van der Waals surface area contributed by atoms with E-state index in [0.717, 1.165) is 22.0 Å². The predicted molar refractivity (Wildman–Crippen MR) is 87.6 cm³/mol. The lowest BCUT2D eigenvalue weighted by molar-refractivity contribution is -0.119. The third-order valence-electron chi connectivity index (χ3n) is 3.46. The molecule has 0 radical (unpaired) electrons. The second-order valence-corrected chi connectivity index (χ2v) is 5.29. The average Bonchev–Trinajstić information content (AvgIpc) is 2.43. The maximum absolute atomic E-state index is 11.6. The summed E-state index contributed by atoms with van der Waals surface area (Å²) in [7, 11) is 3.96. The lowest BCUT2D eigenvalue weighted by atomic mass is 9.98. The van der Waals surface area contributed by atoms with Gasteiger partial charge in [0.1, 0.15) is 0 Å². The van der Waals surface area contributed by atoms with Crippen molar-refractivity contribution in [1.29, 1.82) is 0 Å². The van der Waals surface area contributed by atoms with Crippen molar-refractivity contribution in [3.05, 3.63) is 47.5 Å². The Kier molecular flexibility index (Phi) is 4.22. The second-order valence-electron chi connectivity index (χ2n) is 5.29. The zero-order valence-corrected chi connectivity index (χ0v) is 12.8. The van der Waals surface area contributed by atoms with E-state index in [-0.39, 0.29) is 17.1 Å². The van der Waals surface area contributed by atoms with Gasteiger partial charge >= 0.3 is 0 Å². The first-order valence-electron chi connectivity index (χ1n) is 6.84. The molecule has 3 heteroatoms. The van der Waals surface area contributed by atoms with Gasteiger partial charge in [-0.15, -0.1) is 0 Å². The van der Waals surface area contributed by atoms with E-state index >= 15 is 0 Å². The molecule has 0 atom stereocenters. The smallest absolute Gasteiger partial charge is 0.163 e. The van der Waals surface area contributed by atoms with Gasteiger partial charge in [0.15, 0.2) is 11.6 Å². The van der Waals surface area contributed by atoms with E-state index in [1.165, 1.54) is 13.8 Å². The van der Waals surface area contributed by atoms with Crippen molar-refractivity contribution >= 4 is 34.1 Å². The summed E-state index contributed by atoms with van der Waals surface area (Å²) in [6.45, 7) is 2.84. The number of hydrogen-bond acceptors (Lipinski definition) is 3. The van der Waals surface area contributed by atoms with Crippen molar-refractivity contribution in [3.8, 4) is 0 Å². The number of Topliss-reactive ketones (excluding diaryl/α,β-unsaturated/α-hetero) is 2. The molecule has 0 heterocycles. The summed E-state index contributed by atoms with van der Waals surface area (Å²) in [5.74, 6) is -0.413. The van der Waals surface area contributed by atoms with Crippen LogP contribution in [0.3, 0.4) is 0 Å². The van der Waals surface area contributed by atoms with Crippen LogP contribution in [0.5, 0.6) is 0 Å². The Balaban J connectivity index is 2.78. The Morgan fingerprint density at radius 1 is 0.952 bits per heavy atom. The fourth-order valence-corrected chi connectivity index (χ4v) is 2.45. The van der Waals surface area contributed by atoms with Crippen LogP contribution < -0.4 is 4.90 Å². The third-order valence-corrected chi connectivity index (χ3v) is 3.46. The molecule has 0 amide bonds. The molecule has 0 aliphatic heterocycles. The Bertz CT molecular complexity index is 721. The molecule has 3 nitrogen and oxygen atoms in total. The maximum atomic E-state index is 11.6. The molecule has 0 spiro atoms. The van der Waals surface area contributed by atoms with Gasteiger partial charge in [0.25, 0.3) is 0 Å². The van der Waals surface area contributed by atoms with E-state index in [1.807, 2.05) is 55.4 Å². The zero-order valence-electron chi connectivity index (χ0n) is 12.8. The minimum atomic E-state index is -0.207. The van der Waals surface area contributed by atoms with Gasteiger partial charge < -0.3 is 4.90 Å². The number of fused-ring (bicyclic) bond motifs is 1. The molecule has 0 bridgehead atoms. The average molecular weight is 281 g/mol. The normalized spacial score (nSPS) is 10.3. The monoisotopic (exact) mass is 281 g/mol. The number of carbonyl (C=O) groups excluding carboxylic acids is 2. The first-order valence-corrected chi connectivity index (χ1v) is 6.84. The summed E-state index contributed by atoms with van der Waals surface area (Å²) in [5, 5.41) is 2.13. The summed E-state index contributed by atoms with van der Waals surface area (Å²) in [5.41, 5.74) is 2.18. The Morgan fingerprint density at radius 2 is 1.52 bits per heavy atom. The van der Waals surface area contributed by atoms with Gasteiger partial charge in [-0.2, -0.15) is 0 Å². The van der Waals surface area contributed by atoms with Crippen LogP contribution in [0.15, 0.2) is 42.0 Å². The van der Waals surface area contributed by atoms with Gasteiger partial charge in [-0.25, -0.2) is 0 Å². The van der Waals surface area contributed by atoms with Crippen molar-refractivity contribution in [2.24, 2.45) is 0 Å². The first-order chi connectivity index (χ1) is 9.91. The van der Waals surface area contributed by atoms with Crippen molar-refractivity contribution in [2.75, 3.05) is 19.0 Å². The molecule has 0 saturated carbocycles. The number of rotatable bonds is 4. The molecule has 0 aromatic heterocycles. The van der Waals surface area contributed by atoms with Crippen LogP contribution in [0.1, 0.15) is 19.4 Å². The molecule has 2 rings (SSSR count). The zero-order chi connectivity index (χ0) is 15.6. The largest absolute Gasteiger partial charge is 0.377 e. The first kappa shape index (κ1) is 15.0. The third kappa shape index (κ3) is 3.02. The van der Waals surface area contributed by atoms with Crippen molar-refractivity contribution in [2.45, 2.75) is 13.8 Å². The molecule has 0 N–H and O–H groups in total. The van der Waals surface area contributed by atoms with Crippen molar-refractivity contribution in [3.63, 3.8) is 0 Å². The number of allylic oxidation sites excluding steroid dienone is 1. The van der Waals surface area contributed by atoms with Gasteiger partial charge in [0.2, 0.25) is 0 Å². The van der Waals surface area contributed by atoms with Gasteiger partial charge in [0.05, 0.1) is 5.57 Å². The molecule has 0 saturated heterocycles. The number of benzene rings is 2. The van der Waals surface area contributed by atoms with E-state index < -0.39 is 0 Å². The molecule has 108 valence electrons. The van der Waals surface area contributed by atoms with Crippen molar-refractivity contribution < 1.29 is 9.59 Å². The summed E-state index contributed by atoms with van der Waals surface area (Å²) in [6.07, 6.45) is 1.69. The van der Waals surface area contributed by atoms with Crippen LogP contribution in [0.4, 0.5) is 5.69 Å². The highest BCUT2D eigenvalue weighted by atomic mass is 16.1. The molecular formula is C18H19NO2. The van der Waals surface area contributed by atoms with E-state index in [2.05, 4.69) is 0 Å². The lowest BCUT2D eigenvalue weighted by Crippen LogP contribution is -2.10. The highest BCUT2D eigenvalue weighted by molar-refractivity contribution is 6.22. The SMILES string of the molecule is CC(=O)C(=Cc1cccc2cccc(N(C)C)c12)C(C)=O. The highest BCUT2D eigenvalue weighted by Gasteiger charge is 2.12. The van der Waals surface area contributed by atoms with E-state index in [9.17, 15) is 9.59 Å². The Morgan fingerprint density at radius 3 is 2.05 bits per heavy atom. The van der Waals surface area contributed by atoms with Crippen LogP contribution in [0.25, 0.3) is 16.8 Å². The van der Waals surface area contributed by atoms with E-state index in [4.69, 9.17) is 0 Å². The summed E-state index contributed by atoms with van der Waals surface area (Å²) < 4.78 is 0. The summed E-state index contributed by atoms with van der Waals surface area (Å²) >= 11 is 0. The lowest BCUT2D eigenvalue weighted by Gasteiger charge is -2.17. The fraction of sp³-hybridized carbons (Fsp3) is 0.222. The molecule has 0 aliphatic carbocycles. The minimum Gasteiger partial charge on any atom is -0.377 e. The molecule has 2 aromatic carbocycles. The van der Waals surface area contributed by atoms with Crippen LogP contribution in [0.2, 0.25) is 0 Å². The Hall–Kier alpha value is -2.42. The van der Waals surface area contributed by atoms with Crippen LogP contribution in [-0.4, -0.2) is 25.7 Å². The Labute approximate surface area is 124 Å². The number of hydrogen-bond donors (Lipinski definition) is 0. The topological polar surface area (TPSA) is 37.4 Å². The van der Waals surface area contributed by atoms with Crippen molar-refractivity contribution in [1.82, 2.24) is 0 Å². The van der Waals surface area contributed by atoms with Crippen LogP contribution in [-0.2, 0) is 9.59 Å². The van der Waals surface area contributed by atoms with Gasteiger partial charge in [-0.1, -0.05) is 30.3 Å². The summed E-state index contributed by atoms with van der Waals surface area (Å²) in [6, 6.07) is 12.0. The highest BCUT2D eigenvalue weighted by Crippen LogP contribution is 2.30. The number of ketones is 2. The summed E-state index contributed by atoms with van der Waals surface area (Å²) in [4.78, 5) is 25.3. The van der Waals surface area contributed by atoms with Gasteiger partial charge in [0, 0.05) is 25.2 Å². The molecular weight excluding hydrogens is 262 g/mol. The van der Waals surface area contributed by atoms with Gasteiger partial charge in [-0.05, 0) is 36.9 Å². The van der Waals surface area contributed by atoms with E-state index in [1.54, 1.807) is 6.08 Å². The number of carbonyl (C=O) groups is 2. The number of anilines is 1. The quantitative estimate of drug-likeness (QED) is 0.489. The predicted octanol–water partition coefficient (Wildman–Crippen LogP) is 3.47. The molecule has 0 unspecified atom stereocenters. The molecule has 21 heavy (non-hydrogen) atoms.